The smallest absolute Gasteiger partial charge is 0.424 e. The van der Waals surface area contributed by atoms with Gasteiger partial charge < -0.3 is 27.9 Å². The summed E-state index contributed by atoms with van der Waals surface area (Å²) in [5.74, 6) is 2.25. The minimum atomic E-state index is -1.08. The summed E-state index contributed by atoms with van der Waals surface area (Å²) in [6.07, 6.45) is 3.31. The second-order valence-electron chi connectivity index (χ2n) is 8.24. The van der Waals surface area contributed by atoms with Crippen LogP contribution in [0.15, 0.2) is 82.9 Å². The van der Waals surface area contributed by atoms with E-state index in [9.17, 15) is 9.59 Å². The molecule has 0 saturated heterocycles. The van der Waals surface area contributed by atoms with E-state index < -0.39 is 11.3 Å². The lowest BCUT2D eigenvalue weighted by molar-refractivity contribution is 0.264. The average molecular weight is 525 g/mol. The molecule has 0 radical (unpaired) electrons. The standard InChI is InChI=1S/C27H28N2O7S/c1-29(15-12-18-5-10-21(32-2)22(17-18)33-3)14-4-16-34-19-6-8-20(9-7-19)37-23-11-13-28-25-24(23)35-26(30)27(31)36-25/h5-11,13,17H,4,12,14-16H2,1-3H3. The quantitative estimate of drug-likeness (QED) is 0.197. The number of benzene rings is 2. The summed E-state index contributed by atoms with van der Waals surface area (Å²) in [6, 6.07) is 15.3. The van der Waals surface area contributed by atoms with E-state index >= 15 is 0 Å². The van der Waals surface area contributed by atoms with Gasteiger partial charge >= 0.3 is 11.3 Å². The van der Waals surface area contributed by atoms with Crippen molar-refractivity contribution in [2.24, 2.45) is 0 Å². The minimum Gasteiger partial charge on any atom is -0.494 e. The maximum Gasteiger partial charge on any atom is 0.424 e. The Bertz CT molecular complexity index is 1450. The molecular weight excluding hydrogens is 496 g/mol. The van der Waals surface area contributed by atoms with E-state index in [1.807, 2.05) is 36.4 Å². The molecule has 0 fully saturated rings. The number of rotatable bonds is 12. The highest BCUT2D eigenvalue weighted by Gasteiger charge is 2.12. The van der Waals surface area contributed by atoms with Crippen LogP contribution in [0.1, 0.15) is 12.0 Å². The third-order valence-electron chi connectivity index (χ3n) is 5.62. The zero-order chi connectivity index (χ0) is 26.2. The van der Waals surface area contributed by atoms with Crippen LogP contribution in [0.3, 0.4) is 0 Å². The van der Waals surface area contributed by atoms with Gasteiger partial charge in [0.15, 0.2) is 11.5 Å². The molecule has 0 N–H and O–H groups in total. The third-order valence-corrected chi connectivity index (χ3v) is 6.67. The number of methoxy groups -OCH3 is 2. The van der Waals surface area contributed by atoms with Gasteiger partial charge in [0.25, 0.3) is 5.71 Å². The molecule has 0 saturated carbocycles. The first-order valence-corrected chi connectivity index (χ1v) is 12.5. The Morgan fingerprint density at radius 2 is 1.68 bits per heavy atom. The van der Waals surface area contributed by atoms with Crippen molar-refractivity contribution in [3.8, 4) is 17.2 Å². The van der Waals surface area contributed by atoms with E-state index in [1.165, 1.54) is 23.5 Å². The lowest BCUT2D eigenvalue weighted by Gasteiger charge is -2.17. The Labute approximate surface area is 218 Å². The Balaban J connectivity index is 1.22. The van der Waals surface area contributed by atoms with Crippen LogP contribution in [0.25, 0.3) is 11.3 Å². The Hall–Kier alpha value is -3.76. The third kappa shape index (κ3) is 6.93. The molecule has 10 heteroatoms. The predicted molar refractivity (Wildman–Crippen MR) is 140 cm³/mol. The molecule has 0 aliphatic carbocycles. The van der Waals surface area contributed by atoms with Crippen LogP contribution in [-0.2, 0) is 6.42 Å². The topological polar surface area (TPSA) is 104 Å². The lowest BCUT2D eigenvalue weighted by atomic mass is 10.1. The summed E-state index contributed by atoms with van der Waals surface area (Å²) >= 11 is 1.37. The molecule has 0 atom stereocenters. The van der Waals surface area contributed by atoms with Gasteiger partial charge in [-0.25, -0.2) is 14.6 Å². The van der Waals surface area contributed by atoms with Crippen LogP contribution in [-0.4, -0.2) is 50.8 Å². The van der Waals surface area contributed by atoms with E-state index in [2.05, 4.69) is 23.0 Å². The summed E-state index contributed by atoms with van der Waals surface area (Å²) in [4.78, 5) is 30.7. The fraction of sp³-hybridized carbons (Fsp3) is 0.296. The Kier molecular flexibility index (Phi) is 8.86. The summed E-state index contributed by atoms with van der Waals surface area (Å²) in [5.41, 5.74) is -0.799. The molecule has 37 heavy (non-hydrogen) atoms. The zero-order valence-corrected chi connectivity index (χ0v) is 21.7. The van der Waals surface area contributed by atoms with Gasteiger partial charge in [0.1, 0.15) is 5.75 Å². The number of likely N-dealkylation sites (N-methyl/N-ethyl adjacent to an activating group) is 1. The van der Waals surface area contributed by atoms with Gasteiger partial charge in [-0.3, -0.25) is 0 Å². The highest BCUT2D eigenvalue weighted by molar-refractivity contribution is 7.99. The van der Waals surface area contributed by atoms with Gasteiger partial charge in [-0.15, -0.1) is 0 Å². The Morgan fingerprint density at radius 1 is 0.919 bits per heavy atom. The van der Waals surface area contributed by atoms with E-state index in [-0.39, 0.29) is 11.3 Å². The molecule has 0 amide bonds. The normalized spacial score (nSPS) is 11.1. The molecule has 0 spiro atoms. The number of nitrogens with zero attached hydrogens (tertiary/aromatic N) is 2. The monoisotopic (exact) mass is 524 g/mol. The van der Waals surface area contributed by atoms with E-state index in [0.717, 1.165) is 48.1 Å². The molecule has 4 aromatic rings. The lowest BCUT2D eigenvalue weighted by Crippen LogP contribution is -2.23. The molecular formula is C27H28N2O7S. The molecule has 194 valence electrons. The second-order valence-corrected chi connectivity index (χ2v) is 9.36. The van der Waals surface area contributed by atoms with Crippen molar-refractivity contribution in [2.75, 3.05) is 41.0 Å². The average Bonchev–Trinajstić information content (AvgIpc) is 2.91. The number of fused-ring (bicyclic) bond motifs is 1. The van der Waals surface area contributed by atoms with Crippen LogP contribution in [0.2, 0.25) is 0 Å². The number of pyridine rings is 1. The van der Waals surface area contributed by atoms with E-state index in [4.69, 9.17) is 23.0 Å². The van der Waals surface area contributed by atoms with Crippen molar-refractivity contribution in [1.29, 1.82) is 0 Å². The second kappa shape index (κ2) is 12.5. The SMILES string of the molecule is COc1ccc(CCN(C)CCCOc2ccc(Sc3ccnc4oc(=O)c(=O)oc34)cc2)cc1OC. The maximum atomic E-state index is 11.6. The van der Waals surface area contributed by atoms with Gasteiger partial charge in [-0.2, -0.15) is 0 Å². The van der Waals surface area contributed by atoms with E-state index in [1.54, 1.807) is 20.3 Å². The van der Waals surface area contributed by atoms with Crippen LogP contribution in [0, 0.1) is 0 Å². The molecule has 9 nitrogen and oxygen atoms in total. The predicted octanol–water partition coefficient (Wildman–Crippen LogP) is 4.25. The first kappa shape index (κ1) is 26.3. The van der Waals surface area contributed by atoms with Crippen molar-refractivity contribution in [3.63, 3.8) is 0 Å². The van der Waals surface area contributed by atoms with Crippen LogP contribution in [0.4, 0.5) is 0 Å². The largest absolute Gasteiger partial charge is 0.494 e. The minimum absolute atomic E-state index is 0.0109. The van der Waals surface area contributed by atoms with Gasteiger partial charge in [0.05, 0.1) is 25.7 Å². The maximum absolute atomic E-state index is 11.6. The van der Waals surface area contributed by atoms with Gasteiger partial charge in [0.2, 0.25) is 5.58 Å². The summed E-state index contributed by atoms with van der Waals surface area (Å²) in [7, 11) is 5.38. The number of hydrogen-bond donors (Lipinski definition) is 0. The van der Waals surface area contributed by atoms with Crippen LogP contribution < -0.4 is 25.5 Å². The van der Waals surface area contributed by atoms with Crippen LogP contribution >= 0.6 is 11.8 Å². The summed E-state index contributed by atoms with van der Waals surface area (Å²) in [5, 5.41) is 0. The Morgan fingerprint density at radius 3 is 2.43 bits per heavy atom. The molecule has 0 aliphatic heterocycles. The fourth-order valence-corrected chi connectivity index (χ4v) is 4.52. The number of aromatic nitrogens is 1. The number of hydrogen-bond acceptors (Lipinski definition) is 10. The van der Waals surface area contributed by atoms with Gasteiger partial charge in [-0.1, -0.05) is 17.8 Å². The molecule has 2 aromatic carbocycles. The van der Waals surface area contributed by atoms with Crippen molar-refractivity contribution < 1.29 is 23.0 Å². The van der Waals surface area contributed by atoms with E-state index in [0.29, 0.717) is 11.5 Å². The molecule has 4 rings (SSSR count). The molecule has 0 bridgehead atoms. The molecule has 0 unspecified atom stereocenters. The van der Waals surface area contributed by atoms with Crippen molar-refractivity contribution in [3.05, 3.63) is 81.1 Å². The van der Waals surface area contributed by atoms with Crippen molar-refractivity contribution in [1.82, 2.24) is 9.88 Å². The summed E-state index contributed by atoms with van der Waals surface area (Å²) in [6.45, 7) is 2.44. The highest BCUT2D eigenvalue weighted by atomic mass is 32.2. The summed E-state index contributed by atoms with van der Waals surface area (Å²) < 4.78 is 26.5. The molecule has 2 aromatic heterocycles. The first-order valence-electron chi connectivity index (χ1n) is 11.7. The van der Waals surface area contributed by atoms with Crippen molar-refractivity contribution >= 4 is 23.1 Å². The van der Waals surface area contributed by atoms with Gasteiger partial charge in [0, 0.05) is 24.2 Å². The molecule has 2 heterocycles. The first-order chi connectivity index (χ1) is 18.0. The number of ether oxygens (including phenoxy) is 3. The fourth-order valence-electron chi connectivity index (χ4n) is 3.65. The van der Waals surface area contributed by atoms with Crippen molar-refractivity contribution in [2.45, 2.75) is 22.6 Å². The zero-order valence-electron chi connectivity index (χ0n) is 20.9. The van der Waals surface area contributed by atoms with Gasteiger partial charge in [-0.05, 0) is 67.9 Å². The van der Waals surface area contributed by atoms with Crippen LogP contribution in [0.5, 0.6) is 17.2 Å². The highest BCUT2D eigenvalue weighted by Crippen LogP contribution is 2.33. The molecule has 0 aliphatic rings.